The zero-order valence-electron chi connectivity index (χ0n) is 18.7. The van der Waals surface area contributed by atoms with E-state index in [1.165, 1.54) is 5.56 Å². The molecule has 1 saturated heterocycles. The van der Waals surface area contributed by atoms with E-state index in [0.29, 0.717) is 18.3 Å². The summed E-state index contributed by atoms with van der Waals surface area (Å²) >= 11 is 0. The van der Waals surface area contributed by atoms with Crippen molar-refractivity contribution in [2.75, 3.05) is 31.6 Å². The van der Waals surface area contributed by atoms with Crippen LogP contribution in [0.3, 0.4) is 0 Å². The average Bonchev–Trinajstić information content (AvgIpc) is 3.07. The summed E-state index contributed by atoms with van der Waals surface area (Å²) in [7, 11) is 0. The van der Waals surface area contributed by atoms with Crippen LogP contribution >= 0.6 is 0 Å². The van der Waals surface area contributed by atoms with Gasteiger partial charge in [0.25, 0.3) is 0 Å². The molecule has 7 nitrogen and oxygen atoms in total. The van der Waals surface area contributed by atoms with Gasteiger partial charge in [0, 0.05) is 38.0 Å². The van der Waals surface area contributed by atoms with Crippen molar-refractivity contribution in [3.05, 3.63) is 46.8 Å². The number of nitrogens with zero attached hydrogens (tertiary/aromatic N) is 4. The minimum absolute atomic E-state index is 0.208. The van der Waals surface area contributed by atoms with Crippen LogP contribution in [0, 0.1) is 20.8 Å². The smallest absolute Gasteiger partial charge is 0.204 e. The number of aliphatic hydroxyl groups excluding tert-OH is 1. The summed E-state index contributed by atoms with van der Waals surface area (Å²) in [6.07, 6.45) is 2.92. The molecule has 2 aromatic heterocycles. The number of aryl methyl sites for hydroxylation is 3. The third kappa shape index (κ3) is 4.83. The quantitative estimate of drug-likeness (QED) is 0.540. The summed E-state index contributed by atoms with van der Waals surface area (Å²) < 4.78 is 2.15. The summed E-state index contributed by atoms with van der Waals surface area (Å²) in [4.78, 5) is 11.9. The van der Waals surface area contributed by atoms with E-state index in [1.807, 2.05) is 13.0 Å². The molecular formula is C24H33N5O2. The number of benzene rings is 1. The van der Waals surface area contributed by atoms with Crippen molar-refractivity contribution in [1.29, 1.82) is 0 Å². The molecule has 0 spiro atoms. The Bertz CT molecular complexity index is 1050. The molecule has 7 heteroatoms. The van der Waals surface area contributed by atoms with Crippen molar-refractivity contribution in [2.45, 2.75) is 52.6 Å². The number of imidazole rings is 1. The molecule has 166 valence electrons. The van der Waals surface area contributed by atoms with Gasteiger partial charge >= 0.3 is 0 Å². The van der Waals surface area contributed by atoms with E-state index in [9.17, 15) is 5.11 Å². The van der Waals surface area contributed by atoms with Crippen LogP contribution in [0.25, 0.3) is 11.0 Å². The van der Waals surface area contributed by atoms with Crippen LogP contribution < -0.4 is 5.32 Å². The first-order chi connectivity index (χ1) is 14.9. The molecule has 3 heterocycles. The predicted octanol–water partition coefficient (Wildman–Crippen LogP) is 3.37. The summed E-state index contributed by atoms with van der Waals surface area (Å²) in [6.45, 7) is 9.85. The van der Waals surface area contributed by atoms with Gasteiger partial charge in [-0.1, -0.05) is 6.07 Å². The molecule has 0 radical (unpaired) electrons. The molecule has 1 aliphatic heterocycles. The number of anilines is 1. The lowest BCUT2D eigenvalue weighted by Gasteiger charge is -2.32. The fourth-order valence-corrected chi connectivity index (χ4v) is 4.49. The molecular weight excluding hydrogens is 390 g/mol. The maximum Gasteiger partial charge on any atom is 0.204 e. The van der Waals surface area contributed by atoms with Crippen LogP contribution in [-0.4, -0.2) is 61.9 Å². The Morgan fingerprint density at radius 1 is 1.10 bits per heavy atom. The molecule has 0 bridgehead atoms. The van der Waals surface area contributed by atoms with E-state index >= 15 is 0 Å². The number of rotatable bonds is 7. The first-order valence-corrected chi connectivity index (χ1v) is 11.2. The van der Waals surface area contributed by atoms with Crippen LogP contribution in [0.1, 0.15) is 41.8 Å². The zero-order chi connectivity index (χ0) is 22.0. The van der Waals surface area contributed by atoms with E-state index in [0.717, 1.165) is 67.1 Å². The van der Waals surface area contributed by atoms with Crippen LogP contribution in [0.15, 0.2) is 24.3 Å². The van der Waals surface area contributed by atoms with Gasteiger partial charge in [0.2, 0.25) is 5.95 Å². The Labute approximate surface area is 183 Å². The van der Waals surface area contributed by atoms with E-state index < -0.39 is 0 Å². The topological polar surface area (TPSA) is 86.4 Å². The van der Waals surface area contributed by atoms with Crippen LogP contribution in [0.5, 0.6) is 5.75 Å². The Kier molecular flexibility index (Phi) is 6.43. The summed E-state index contributed by atoms with van der Waals surface area (Å²) in [5.41, 5.74) is 5.92. The van der Waals surface area contributed by atoms with Gasteiger partial charge in [-0.2, -0.15) is 0 Å². The number of piperidine rings is 1. The van der Waals surface area contributed by atoms with Gasteiger partial charge in [-0.3, -0.25) is 4.98 Å². The summed E-state index contributed by atoms with van der Waals surface area (Å²) in [5.74, 6) is 1.04. The fourth-order valence-electron chi connectivity index (χ4n) is 4.49. The van der Waals surface area contributed by atoms with E-state index in [2.05, 4.69) is 45.7 Å². The Hall–Kier alpha value is -2.64. The van der Waals surface area contributed by atoms with Gasteiger partial charge in [-0.25, -0.2) is 4.98 Å². The normalized spacial score (nSPS) is 15.6. The second-order valence-corrected chi connectivity index (χ2v) is 8.73. The number of hydrogen-bond acceptors (Lipinski definition) is 6. The largest absolute Gasteiger partial charge is 0.506 e. The van der Waals surface area contributed by atoms with Gasteiger partial charge in [0.05, 0.1) is 17.6 Å². The van der Waals surface area contributed by atoms with Crippen LogP contribution in [-0.2, 0) is 6.54 Å². The molecule has 31 heavy (non-hydrogen) atoms. The standard InChI is InChI=1S/C24H33N5O2/c1-16-13-17(2)23-21(14-16)29(15-20-22(31)6-5-18(3)25-20)24(27-23)26-19-7-10-28(11-8-19)9-4-12-30/h5-6,13-14,19,30-31H,4,7-12,15H2,1-3H3,(H,26,27). The number of aliphatic hydroxyl groups is 1. The van der Waals surface area contributed by atoms with Crippen molar-refractivity contribution in [3.8, 4) is 5.75 Å². The molecule has 0 saturated carbocycles. The van der Waals surface area contributed by atoms with Crippen LogP contribution in [0.4, 0.5) is 5.95 Å². The van der Waals surface area contributed by atoms with E-state index in [-0.39, 0.29) is 12.4 Å². The summed E-state index contributed by atoms with van der Waals surface area (Å²) in [6, 6.07) is 8.20. The van der Waals surface area contributed by atoms with Crippen molar-refractivity contribution in [1.82, 2.24) is 19.4 Å². The highest BCUT2D eigenvalue weighted by Crippen LogP contribution is 2.28. The minimum atomic E-state index is 0.208. The monoisotopic (exact) mass is 423 g/mol. The third-order valence-electron chi connectivity index (χ3n) is 6.14. The second-order valence-electron chi connectivity index (χ2n) is 8.73. The first kappa shape index (κ1) is 21.6. The van der Waals surface area contributed by atoms with Gasteiger partial charge in [0.15, 0.2) is 0 Å². The Morgan fingerprint density at radius 2 is 1.87 bits per heavy atom. The number of aromatic nitrogens is 3. The highest BCUT2D eigenvalue weighted by Gasteiger charge is 2.22. The highest BCUT2D eigenvalue weighted by atomic mass is 16.3. The molecule has 0 amide bonds. The highest BCUT2D eigenvalue weighted by molar-refractivity contribution is 5.83. The third-order valence-corrected chi connectivity index (χ3v) is 6.14. The zero-order valence-corrected chi connectivity index (χ0v) is 18.7. The van der Waals surface area contributed by atoms with Crippen molar-refractivity contribution in [2.24, 2.45) is 0 Å². The van der Waals surface area contributed by atoms with Gasteiger partial charge in [-0.05, 0) is 69.4 Å². The van der Waals surface area contributed by atoms with E-state index in [1.54, 1.807) is 6.07 Å². The molecule has 0 atom stereocenters. The first-order valence-electron chi connectivity index (χ1n) is 11.2. The molecule has 0 aliphatic carbocycles. The van der Waals surface area contributed by atoms with Crippen molar-refractivity contribution < 1.29 is 10.2 Å². The van der Waals surface area contributed by atoms with Crippen LogP contribution in [0.2, 0.25) is 0 Å². The van der Waals surface area contributed by atoms with Gasteiger partial charge < -0.3 is 25.0 Å². The SMILES string of the molecule is Cc1cc(C)c2nc(NC3CCN(CCCO)CC3)n(Cc3nc(C)ccc3O)c2c1. The predicted molar refractivity (Wildman–Crippen MR) is 124 cm³/mol. The average molecular weight is 424 g/mol. The number of hydrogen-bond donors (Lipinski definition) is 3. The maximum atomic E-state index is 10.4. The van der Waals surface area contributed by atoms with Gasteiger partial charge in [-0.15, -0.1) is 0 Å². The van der Waals surface area contributed by atoms with Crippen molar-refractivity contribution >= 4 is 17.0 Å². The summed E-state index contributed by atoms with van der Waals surface area (Å²) in [5, 5.41) is 23.1. The number of nitrogens with one attached hydrogen (secondary N) is 1. The maximum absolute atomic E-state index is 10.4. The van der Waals surface area contributed by atoms with E-state index in [4.69, 9.17) is 10.1 Å². The lowest BCUT2D eigenvalue weighted by atomic mass is 10.1. The number of aromatic hydroxyl groups is 1. The van der Waals surface area contributed by atoms with Crippen molar-refractivity contribution in [3.63, 3.8) is 0 Å². The Morgan fingerprint density at radius 3 is 2.61 bits per heavy atom. The molecule has 1 aliphatic rings. The molecule has 4 rings (SSSR count). The molecule has 1 fully saturated rings. The lowest BCUT2D eigenvalue weighted by Crippen LogP contribution is -2.40. The molecule has 0 unspecified atom stereocenters. The molecule has 3 N–H and O–H groups in total. The Balaban J connectivity index is 1.63. The number of likely N-dealkylation sites (tertiary alicyclic amines) is 1. The second kappa shape index (κ2) is 9.24. The number of pyridine rings is 1. The molecule has 3 aromatic rings. The lowest BCUT2D eigenvalue weighted by molar-refractivity contribution is 0.192. The number of fused-ring (bicyclic) bond motifs is 1. The van der Waals surface area contributed by atoms with Gasteiger partial charge in [0.1, 0.15) is 11.4 Å². The minimum Gasteiger partial charge on any atom is -0.506 e. The molecule has 1 aromatic carbocycles. The fraction of sp³-hybridized carbons (Fsp3) is 0.500.